The van der Waals surface area contributed by atoms with Crippen LogP contribution in [0.4, 0.5) is 5.69 Å². The maximum absolute atomic E-state index is 13.3. The van der Waals surface area contributed by atoms with Crippen molar-refractivity contribution in [3.63, 3.8) is 0 Å². The number of carbonyl (C=O) groups is 3. The fraction of sp³-hybridized carbons (Fsp3) is 0.208. The van der Waals surface area contributed by atoms with Crippen molar-refractivity contribution in [2.24, 2.45) is 0 Å². The van der Waals surface area contributed by atoms with Gasteiger partial charge in [-0.2, -0.15) is 0 Å². The molecule has 0 unspecified atom stereocenters. The summed E-state index contributed by atoms with van der Waals surface area (Å²) in [4.78, 5) is 42.0. The van der Waals surface area contributed by atoms with Crippen LogP contribution in [0.1, 0.15) is 10.4 Å². The molecule has 0 radical (unpaired) electrons. The molecule has 2 aromatic carbocycles. The monoisotopic (exact) mass is 431 g/mol. The van der Waals surface area contributed by atoms with E-state index >= 15 is 0 Å². The molecule has 32 heavy (non-hydrogen) atoms. The van der Waals surface area contributed by atoms with Gasteiger partial charge in [-0.25, -0.2) is 0 Å². The van der Waals surface area contributed by atoms with Gasteiger partial charge in [0.2, 0.25) is 5.91 Å². The number of fused-ring (bicyclic) bond motifs is 2. The second kappa shape index (κ2) is 8.22. The first-order chi connectivity index (χ1) is 15.6. The number of piperazine rings is 1. The minimum atomic E-state index is -0.767. The predicted molar refractivity (Wildman–Crippen MR) is 116 cm³/mol. The standard InChI is InChI=1S/C24H21N3O5/c28-22(15-32-17-5-2-1-3-6-17)26-10-11-27-20(14-26)23(29)25-19-9-8-16(13-18(19)24(27)30)21-7-4-12-31-21/h1-9,12-13,20H,10-11,14-15H2,(H,25,29)/t20-/m0/s1. The highest BCUT2D eigenvalue weighted by molar-refractivity contribution is 6.10. The van der Waals surface area contributed by atoms with Crippen molar-refractivity contribution in [2.75, 3.05) is 31.6 Å². The molecule has 1 saturated heterocycles. The summed E-state index contributed by atoms with van der Waals surface area (Å²) in [6.45, 7) is 0.588. The van der Waals surface area contributed by atoms with E-state index in [9.17, 15) is 14.4 Å². The van der Waals surface area contributed by atoms with Gasteiger partial charge in [-0.05, 0) is 42.5 Å². The van der Waals surface area contributed by atoms with E-state index in [1.165, 1.54) is 4.90 Å². The molecule has 8 nitrogen and oxygen atoms in total. The van der Waals surface area contributed by atoms with Crippen LogP contribution >= 0.6 is 0 Å². The van der Waals surface area contributed by atoms with Crippen LogP contribution in [-0.2, 0) is 9.59 Å². The third kappa shape index (κ3) is 3.71. The molecule has 1 aromatic heterocycles. The number of para-hydroxylation sites is 1. The Bertz CT molecular complexity index is 1160. The van der Waals surface area contributed by atoms with Gasteiger partial charge in [0, 0.05) is 18.7 Å². The highest BCUT2D eigenvalue weighted by atomic mass is 16.5. The van der Waals surface area contributed by atoms with E-state index in [2.05, 4.69) is 5.32 Å². The van der Waals surface area contributed by atoms with Gasteiger partial charge in [0.1, 0.15) is 17.6 Å². The lowest BCUT2D eigenvalue weighted by Gasteiger charge is -2.39. The van der Waals surface area contributed by atoms with Crippen molar-refractivity contribution in [2.45, 2.75) is 6.04 Å². The van der Waals surface area contributed by atoms with Crippen LogP contribution in [-0.4, -0.2) is 59.8 Å². The van der Waals surface area contributed by atoms with Crippen LogP contribution in [0.5, 0.6) is 5.75 Å². The van der Waals surface area contributed by atoms with Crippen LogP contribution in [0.25, 0.3) is 11.3 Å². The molecule has 3 aromatic rings. The maximum Gasteiger partial charge on any atom is 0.260 e. The van der Waals surface area contributed by atoms with Gasteiger partial charge in [-0.1, -0.05) is 18.2 Å². The van der Waals surface area contributed by atoms with Crippen LogP contribution < -0.4 is 10.1 Å². The van der Waals surface area contributed by atoms with Crippen LogP contribution in [0.15, 0.2) is 71.3 Å². The average molecular weight is 431 g/mol. The van der Waals surface area contributed by atoms with Gasteiger partial charge in [0.15, 0.2) is 6.61 Å². The van der Waals surface area contributed by atoms with Gasteiger partial charge >= 0.3 is 0 Å². The van der Waals surface area contributed by atoms with Crippen molar-refractivity contribution in [3.05, 3.63) is 72.5 Å². The summed E-state index contributed by atoms with van der Waals surface area (Å²) in [5, 5.41) is 2.84. The number of hydrogen-bond acceptors (Lipinski definition) is 5. The fourth-order valence-electron chi connectivity index (χ4n) is 4.03. The van der Waals surface area contributed by atoms with Crippen LogP contribution in [0.2, 0.25) is 0 Å². The summed E-state index contributed by atoms with van der Waals surface area (Å²) in [5.74, 6) is 0.454. The van der Waals surface area contributed by atoms with Gasteiger partial charge in [0.25, 0.3) is 11.8 Å². The Balaban J connectivity index is 1.32. The molecule has 1 atom stereocenters. The highest BCUT2D eigenvalue weighted by Crippen LogP contribution is 2.30. The molecule has 3 heterocycles. The third-order valence-corrected chi connectivity index (χ3v) is 5.72. The van der Waals surface area contributed by atoms with Gasteiger partial charge in [-0.3, -0.25) is 14.4 Å². The second-order valence-corrected chi connectivity index (χ2v) is 7.68. The molecule has 2 aliphatic heterocycles. The topological polar surface area (TPSA) is 92.1 Å². The normalized spacial score (nSPS) is 17.8. The van der Waals surface area contributed by atoms with E-state index in [4.69, 9.17) is 9.15 Å². The average Bonchev–Trinajstić information content (AvgIpc) is 3.34. The molecule has 0 bridgehead atoms. The molecule has 2 aliphatic rings. The number of carbonyl (C=O) groups excluding carboxylic acids is 3. The fourth-order valence-corrected chi connectivity index (χ4v) is 4.03. The number of nitrogens with one attached hydrogen (secondary N) is 1. The Morgan fingerprint density at radius 2 is 1.91 bits per heavy atom. The molecule has 0 spiro atoms. The molecular formula is C24H21N3O5. The number of benzene rings is 2. The number of hydrogen-bond donors (Lipinski definition) is 1. The Morgan fingerprint density at radius 1 is 1.06 bits per heavy atom. The van der Waals surface area contributed by atoms with Crippen molar-refractivity contribution >= 4 is 23.4 Å². The van der Waals surface area contributed by atoms with E-state index in [1.54, 1.807) is 47.6 Å². The molecular weight excluding hydrogens is 410 g/mol. The smallest absolute Gasteiger partial charge is 0.260 e. The summed E-state index contributed by atoms with van der Waals surface area (Å²) in [5.41, 5.74) is 1.61. The quantitative estimate of drug-likeness (QED) is 0.686. The summed E-state index contributed by atoms with van der Waals surface area (Å²) in [6.07, 6.45) is 1.57. The molecule has 3 amide bonds. The van der Waals surface area contributed by atoms with E-state index < -0.39 is 6.04 Å². The van der Waals surface area contributed by atoms with E-state index in [0.717, 1.165) is 5.56 Å². The van der Waals surface area contributed by atoms with Crippen LogP contribution in [0.3, 0.4) is 0 Å². The summed E-state index contributed by atoms with van der Waals surface area (Å²) in [7, 11) is 0. The lowest BCUT2D eigenvalue weighted by Crippen LogP contribution is -2.60. The molecule has 0 aliphatic carbocycles. The van der Waals surface area contributed by atoms with Gasteiger partial charge < -0.3 is 24.3 Å². The number of furan rings is 1. The highest BCUT2D eigenvalue weighted by Gasteiger charge is 2.40. The molecule has 0 saturated carbocycles. The minimum absolute atomic E-state index is 0.119. The number of anilines is 1. The Morgan fingerprint density at radius 3 is 2.69 bits per heavy atom. The molecule has 1 N–H and O–H groups in total. The number of nitrogens with zero attached hydrogens (tertiary/aromatic N) is 2. The summed E-state index contributed by atoms with van der Waals surface area (Å²) < 4.78 is 11.0. The first-order valence-electron chi connectivity index (χ1n) is 10.4. The van der Waals surface area contributed by atoms with Crippen molar-refractivity contribution < 1.29 is 23.5 Å². The summed E-state index contributed by atoms with van der Waals surface area (Å²) >= 11 is 0. The second-order valence-electron chi connectivity index (χ2n) is 7.68. The molecule has 8 heteroatoms. The molecule has 1 fully saturated rings. The van der Waals surface area contributed by atoms with Crippen molar-refractivity contribution in [1.82, 2.24) is 9.80 Å². The first kappa shape index (κ1) is 19.9. The lowest BCUT2D eigenvalue weighted by atomic mass is 10.1. The van der Waals surface area contributed by atoms with Crippen molar-refractivity contribution in [1.29, 1.82) is 0 Å². The van der Waals surface area contributed by atoms with E-state index in [-0.39, 0.29) is 37.4 Å². The number of amides is 3. The number of ether oxygens (including phenoxy) is 1. The third-order valence-electron chi connectivity index (χ3n) is 5.72. The lowest BCUT2D eigenvalue weighted by molar-refractivity contribution is -0.137. The van der Waals surface area contributed by atoms with E-state index in [1.807, 2.05) is 24.3 Å². The Hall–Kier alpha value is -4.07. The van der Waals surface area contributed by atoms with Gasteiger partial charge in [0.05, 0.1) is 24.1 Å². The zero-order valence-electron chi connectivity index (χ0n) is 17.2. The largest absolute Gasteiger partial charge is 0.484 e. The minimum Gasteiger partial charge on any atom is -0.484 e. The zero-order valence-corrected chi connectivity index (χ0v) is 17.2. The zero-order chi connectivity index (χ0) is 22.1. The predicted octanol–water partition coefficient (Wildman–Crippen LogP) is 2.63. The number of rotatable bonds is 4. The summed E-state index contributed by atoms with van der Waals surface area (Å²) in [6, 6.07) is 17.1. The maximum atomic E-state index is 13.3. The van der Waals surface area contributed by atoms with Crippen molar-refractivity contribution in [3.8, 4) is 17.1 Å². The molecule has 162 valence electrons. The SMILES string of the molecule is O=C1Nc2ccc(-c3ccco3)cc2C(=O)N2CCN(C(=O)COc3ccccc3)C[C@@H]12. The van der Waals surface area contributed by atoms with E-state index in [0.29, 0.717) is 29.3 Å². The first-order valence-corrected chi connectivity index (χ1v) is 10.4. The van der Waals surface area contributed by atoms with Crippen LogP contribution in [0, 0.1) is 0 Å². The van der Waals surface area contributed by atoms with Gasteiger partial charge in [-0.15, -0.1) is 0 Å². The Kier molecular flexibility index (Phi) is 5.10. The Labute approximate surface area is 184 Å². The molecule has 5 rings (SSSR count).